The standard InChI is InChI=1S/C11H21NO/c1-9-5-11(13)8-12(6-9)7-10-3-2-4-10/h9-11,13H,2-8H2,1H3/t9-,11+/m1/s1. The maximum absolute atomic E-state index is 9.61. The molecule has 1 saturated heterocycles. The number of β-amino-alcohol motifs (C(OH)–C–C–N with tert-alkyl or cyclic N) is 1. The largest absolute Gasteiger partial charge is 0.392 e. The third-order valence-electron chi connectivity index (χ3n) is 3.45. The lowest BCUT2D eigenvalue weighted by atomic mass is 9.84. The quantitative estimate of drug-likeness (QED) is 0.701. The van der Waals surface area contributed by atoms with Gasteiger partial charge < -0.3 is 10.0 Å². The molecule has 0 aromatic carbocycles. The van der Waals surface area contributed by atoms with Gasteiger partial charge in [-0.3, -0.25) is 0 Å². The molecule has 0 unspecified atom stereocenters. The van der Waals surface area contributed by atoms with Crippen LogP contribution in [0.5, 0.6) is 0 Å². The second-order valence-electron chi connectivity index (χ2n) is 5.01. The number of hydrogen-bond donors (Lipinski definition) is 1. The first-order valence-corrected chi connectivity index (χ1v) is 5.64. The Balaban J connectivity index is 1.77. The predicted molar refractivity (Wildman–Crippen MR) is 53.6 cm³/mol. The average Bonchev–Trinajstić information content (AvgIpc) is 1.95. The highest BCUT2D eigenvalue weighted by Gasteiger charge is 2.26. The summed E-state index contributed by atoms with van der Waals surface area (Å²) >= 11 is 0. The molecule has 1 aliphatic heterocycles. The Kier molecular flexibility index (Phi) is 2.89. The van der Waals surface area contributed by atoms with Gasteiger partial charge >= 0.3 is 0 Å². The second-order valence-corrected chi connectivity index (χ2v) is 5.01. The van der Waals surface area contributed by atoms with Crippen molar-refractivity contribution in [2.75, 3.05) is 19.6 Å². The van der Waals surface area contributed by atoms with Gasteiger partial charge in [0.2, 0.25) is 0 Å². The molecule has 2 nitrogen and oxygen atoms in total. The summed E-state index contributed by atoms with van der Waals surface area (Å²) in [6.07, 6.45) is 5.20. The van der Waals surface area contributed by atoms with Crippen molar-refractivity contribution in [2.45, 2.75) is 38.7 Å². The third-order valence-corrected chi connectivity index (χ3v) is 3.45. The zero-order valence-electron chi connectivity index (χ0n) is 8.58. The lowest BCUT2D eigenvalue weighted by Gasteiger charge is -2.38. The minimum Gasteiger partial charge on any atom is -0.392 e. The summed E-state index contributed by atoms with van der Waals surface area (Å²) in [4.78, 5) is 2.46. The Hall–Kier alpha value is -0.0800. The molecule has 13 heavy (non-hydrogen) atoms. The molecule has 1 saturated carbocycles. The molecular formula is C11H21NO. The monoisotopic (exact) mass is 183 g/mol. The first-order chi connectivity index (χ1) is 6.24. The third kappa shape index (κ3) is 2.44. The summed E-state index contributed by atoms with van der Waals surface area (Å²) in [5.41, 5.74) is 0. The summed E-state index contributed by atoms with van der Waals surface area (Å²) < 4.78 is 0. The Morgan fingerprint density at radius 3 is 2.62 bits per heavy atom. The second kappa shape index (κ2) is 3.97. The molecule has 0 bridgehead atoms. The number of piperidine rings is 1. The molecule has 76 valence electrons. The molecule has 0 aromatic heterocycles. The first-order valence-electron chi connectivity index (χ1n) is 5.64. The van der Waals surface area contributed by atoms with Crippen molar-refractivity contribution in [3.63, 3.8) is 0 Å². The van der Waals surface area contributed by atoms with Crippen molar-refractivity contribution in [1.29, 1.82) is 0 Å². The van der Waals surface area contributed by atoms with Crippen LogP contribution in [0.15, 0.2) is 0 Å². The molecule has 0 radical (unpaired) electrons. The summed E-state index contributed by atoms with van der Waals surface area (Å²) in [6, 6.07) is 0. The zero-order valence-corrected chi connectivity index (χ0v) is 8.58. The van der Waals surface area contributed by atoms with Crippen LogP contribution in [0.2, 0.25) is 0 Å². The van der Waals surface area contributed by atoms with Crippen molar-refractivity contribution in [3.05, 3.63) is 0 Å². The van der Waals surface area contributed by atoms with Gasteiger partial charge in [0.1, 0.15) is 0 Å². The summed E-state index contributed by atoms with van der Waals surface area (Å²) in [7, 11) is 0. The van der Waals surface area contributed by atoms with Crippen LogP contribution < -0.4 is 0 Å². The zero-order chi connectivity index (χ0) is 9.26. The molecule has 1 N–H and O–H groups in total. The number of rotatable bonds is 2. The number of aliphatic hydroxyl groups excluding tert-OH is 1. The minimum absolute atomic E-state index is 0.0659. The van der Waals surface area contributed by atoms with Crippen molar-refractivity contribution in [3.8, 4) is 0 Å². The maximum Gasteiger partial charge on any atom is 0.0670 e. The lowest BCUT2D eigenvalue weighted by molar-refractivity contribution is 0.0296. The van der Waals surface area contributed by atoms with E-state index in [4.69, 9.17) is 0 Å². The van der Waals surface area contributed by atoms with Crippen molar-refractivity contribution in [1.82, 2.24) is 4.90 Å². The molecule has 1 heterocycles. The van der Waals surface area contributed by atoms with Crippen LogP contribution in [0.25, 0.3) is 0 Å². The molecule has 0 spiro atoms. The fourth-order valence-corrected chi connectivity index (χ4v) is 2.62. The van der Waals surface area contributed by atoms with E-state index in [1.165, 1.54) is 32.4 Å². The highest BCUT2D eigenvalue weighted by Crippen LogP contribution is 2.28. The van der Waals surface area contributed by atoms with Crippen LogP contribution in [0, 0.1) is 11.8 Å². The molecule has 2 fully saturated rings. The molecule has 1 aliphatic carbocycles. The van der Waals surface area contributed by atoms with Crippen LogP contribution in [-0.4, -0.2) is 35.7 Å². The van der Waals surface area contributed by atoms with Gasteiger partial charge in [-0.1, -0.05) is 13.3 Å². The van der Waals surface area contributed by atoms with Gasteiger partial charge in [-0.05, 0) is 31.1 Å². The number of nitrogens with zero attached hydrogens (tertiary/aromatic N) is 1. The van der Waals surface area contributed by atoms with Crippen LogP contribution in [0.4, 0.5) is 0 Å². The van der Waals surface area contributed by atoms with E-state index in [1.807, 2.05) is 0 Å². The van der Waals surface area contributed by atoms with Gasteiger partial charge in [0.05, 0.1) is 6.10 Å². The Labute approximate surface area is 80.9 Å². The van der Waals surface area contributed by atoms with Crippen molar-refractivity contribution in [2.24, 2.45) is 11.8 Å². The van der Waals surface area contributed by atoms with Crippen LogP contribution in [0.1, 0.15) is 32.6 Å². The van der Waals surface area contributed by atoms with E-state index in [0.717, 1.165) is 18.9 Å². The Bertz CT molecular complexity index is 157. The van der Waals surface area contributed by atoms with Gasteiger partial charge in [-0.15, -0.1) is 0 Å². The maximum atomic E-state index is 9.61. The van der Waals surface area contributed by atoms with Crippen molar-refractivity contribution < 1.29 is 5.11 Å². The fraction of sp³-hybridized carbons (Fsp3) is 1.00. The summed E-state index contributed by atoms with van der Waals surface area (Å²) in [6.45, 7) is 5.60. The smallest absolute Gasteiger partial charge is 0.0670 e. The highest BCUT2D eigenvalue weighted by molar-refractivity contribution is 4.80. The normalized spacial score (nSPS) is 37.4. The van der Waals surface area contributed by atoms with Crippen LogP contribution in [-0.2, 0) is 0 Å². The number of hydrogen-bond acceptors (Lipinski definition) is 2. The van der Waals surface area contributed by atoms with Crippen LogP contribution >= 0.6 is 0 Å². The lowest BCUT2D eigenvalue weighted by Crippen LogP contribution is -2.45. The molecule has 2 rings (SSSR count). The SMILES string of the molecule is C[C@@H]1C[C@H](O)CN(CC2CCC2)C1. The summed E-state index contributed by atoms with van der Waals surface area (Å²) in [5.74, 6) is 1.63. The van der Waals surface area contributed by atoms with E-state index < -0.39 is 0 Å². The van der Waals surface area contributed by atoms with Gasteiger partial charge in [-0.2, -0.15) is 0 Å². The van der Waals surface area contributed by atoms with E-state index >= 15 is 0 Å². The average molecular weight is 183 g/mol. The van der Waals surface area contributed by atoms with E-state index in [0.29, 0.717) is 5.92 Å². The molecule has 0 amide bonds. The Morgan fingerprint density at radius 1 is 1.31 bits per heavy atom. The fourth-order valence-electron chi connectivity index (χ4n) is 2.62. The van der Waals surface area contributed by atoms with Crippen LogP contribution in [0.3, 0.4) is 0 Å². The highest BCUT2D eigenvalue weighted by atomic mass is 16.3. The molecule has 2 heteroatoms. The molecule has 0 aromatic rings. The number of aliphatic hydroxyl groups is 1. The number of likely N-dealkylation sites (tertiary alicyclic amines) is 1. The minimum atomic E-state index is -0.0659. The molecule has 2 aliphatic rings. The van der Waals surface area contributed by atoms with E-state index in [-0.39, 0.29) is 6.10 Å². The van der Waals surface area contributed by atoms with E-state index in [2.05, 4.69) is 11.8 Å². The van der Waals surface area contributed by atoms with E-state index in [9.17, 15) is 5.11 Å². The van der Waals surface area contributed by atoms with Gasteiger partial charge in [-0.25, -0.2) is 0 Å². The first kappa shape index (κ1) is 9.47. The van der Waals surface area contributed by atoms with Crippen molar-refractivity contribution >= 4 is 0 Å². The van der Waals surface area contributed by atoms with E-state index in [1.54, 1.807) is 0 Å². The van der Waals surface area contributed by atoms with Gasteiger partial charge in [0.25, 0.3) is 0 Å². The van der Waals surface area contributed by atoms with Gasteiger partial charge in [0.15, 0.2) is 0 Å². The molecule has 2 atom stereocenters. The molecular weight excluding hydrogens is 162 g/mol. The topological polar surface area (TPSA) is 23.5 Å². The van der Waals surface area contributed by atoms with Gasteiger partial charge in [0, 0.05) is 19.6 Å². The Morgan fingerprint density at radius 2 is 2.08 bits per heavy atom. The predicted octanol–water partition coefficient (Wildman–Crippen LogP) is 1.49. The summed E-state index contributed by atoms with van der Waals surface area (Å²) in [5, 5.41) is 9.61.